The van der Waals surface area contributed by atoms with E-state index in [0.717, 1.165) is 80.4 Å². The van der Waals surface area contributed by atoms with Crippen LogP contribution in [0.1, 0.15) is 112 Å². The number of aryl methyl sites for hydroxylation is 1. The minimum Gasteiger partial charge on any atom is -0.353 e. The van der Waals surface area contributed by atoms with Crippen molar-refractivity contribution in [3.05, 3.63) is 141 Å². The van der Waals surface area contributed by atoms with E-state index in [9.17, 15) is 19.2 Å². The second-order valence-electron chi connectivity index (χ2n) is 19.2. The average Bonchev–Trinajstić information content (AvgIpc) is 3.31. The van der Waals surface area contributed by atoms with Crippen molar-refractivity contribution >= 4 is 46.8 Å². The van der Waals surface area contributed by atoms with Crippen LogP contribution in [-0.2, 0) is 45.1 Å². The van der Waals surface area contributed by atoms with E-state index in [2.05, 4.69) is 91.2 Å². The summed E-state index contributed by atoms with van der Waals surface area (Å²) in [5.74, 6) is -0.161. The molecule has 0 radical (unpaired) electrons. The smallest absolute Gasteiger partial charge is 0.223 e. The number of benzene rings is 4. The Labute approximate surface area is 410 Å². The van der Waals surface area contributed by atoms with Gasteiger partial charge in [-0.1, -0.05) is 108 Å². The maximum Gasteiger partial charge on any atom is 0.223 e. The van der Waals surface area contributed by atoms with Gasteiger partial charge in [0.05, 0.1) is 0 Å². The molecule has 2 fully saturated rings. The topological polar surface area (TPSA) is 114 Å². The maximum absolute atomic E-state index is 12.7. The Morgan fingerprint density at radius 1 is 0.567 bits per heavy atom. The van der Waals surface area contributed by atoms with Gasteiger partial charge in [-0.25, -0.2) is 0 Å². The van der Waals surface area contributed by atoms with Crippen molar-refractivity contribution in [2.45, 2.75) is 140 Å². The fourth-order valence-electron chi connectivity index (χ4n) is 9.67. The van der Waals surface area contributed by atoms with Crippen LogP contribution in [0.25, 0.3) is 0 Å². The number of nitrogens with one attached hydrogen (secondary N) is 3. The zero-order chi connectivity index (χ0) is 48.4. The predicted molar refractivity (Wildman–Crippen MR) is 273 cm³/mol. The lowest BCUT2D eigenvalue weighted by Gasteiger charge is -2.45. The van der Waals surface area contributed by atoms with Crippen LogP contribution in [0.4, 0.5) is 0 Å². The number of hydrogen-bond acceptors (Lipinski definition) is 6. The van der Waals surface area contributed by atoms with E-state index in [4.69, 9.17) is 23.2 Å². The zero-order valence-electron chi connectivity index (χ0n) is 40.7. The lowest BCUT2D eigenvalue weighted by Crippen LogP contribution is -2.52. The number of halogens is 2. The fourth-order valence-corrected chi connectivity index (χ4v) is 10.0. The lowest BCUT2D eigenvalue weighted by atomic mass is 9.74. The molecule has 0 aliphatic heterocycles. The van der Waals surface area contributed by atoms with E-state index in [0.29, 0.717) is 24.7 Å². The van der Waals surface area contributed by atoms with E-state index in [1.54, 1.807) is 12.1 Å². The summed E-state index contributed by atoms with van der Waals surface area (Å²) >= 11 is 12.1. The van der Waals surface area contributed by atoms with Gasteiger partial charge >= 0.3 is 0 Å². The Bertz CT molecular complexity index is 2180. The summed E-state index contributed by atoms with van der Waals surface area (Å²) in [5, 5.41) is 10.6. The van der Waals surface area contributed by atoms with Crippen molar-refractivity contribution in [1.82, 2.24) is 30.7 Å². The highest BCUT2D eigenvalue weighted by atomic mass is 35.5. The van der Waals surface area contributed by atoms with Gasteiger partial charge in [-0.2, -0.15) is 0 Å². The zero-order valence-corrected chi connectivity index (χ0v) is 42.2. The first-order chi connectivity index (χ1) is 32.1. The number of nitrogens with zero attached hydrogens (tertiary/aromatic N) is 3. The largest absolute Gasteiger partial charge is 0.353 e. The summed E-state index contributed by atoms with van der Waals surface area (Å²) in [6.45, 7) is 5.79. The molecule has 0 spiro atoms. The van der Waals surface area contributed by atoms with Crippen LogP contribution in [0, 0.1) is 6.92 Å². The van der Waals surface area contributed by atoms with Gasteiger partial charge in [-0.05, 0) is 153 Å². The third kappa shape index (κ3) is 17.1. The molecule has 4 amide bonds. The van der Waals surface area contributed by atoms with Crippen molar-refractivity contribution in [2.75, 3.05) is 34.7 Å². The third-order valence-corrected chi connectivity index (χ3v) is 14.5. The Kier molecular flexibility index (Phi) is 20.8. The van der Waals surface area contributed by atoms with Gasteiger partial charge in [0.1, 0.15) is 0 Å². The number of hydrogen-bond donors (Lipinski definition) is 3. The second kappa shape index (κ2) is 26.1. The number of rotatable bonds is 19. The Hall–Kier alpha value is -4.74. The van der Waals surface area contributed by atoms with E-state index < -0.39 is 0 Å². The fraction of sp³-hybridized carbons (Fsp3) is 0.491. The SMILES string of the molecule is CCN(Cc1ccccc1)C(=O)CCC(=O)NC1CCC(Cc2cccc(C)c2)(N(C)C)CC1.CN(C)C1(Cc2cccc(Cl)c2)CCC(NC(=O)CCC(=O)NCc2ccc(Cl)cc2)CC1. The highest BCUT2D eigenvalue weighted by molar-refractivity contribution is 6.30. The van der Waals surface area contributed by atoms with Crippen LogP contribution in [0.2, 0.25) is 10.0 Å². The minimum absolute atomic E-state index is 0.00912. The summed E-state index contributed by atoms with van der Waals surface area (Å²) in [4.78, 5) is 56.3. The van der Waals surface area contributed by atoms with Crippen LogP contribution in [0.5, 0.6) is 0 Å². The summed E-state index contributed by atoms with van der Waals surface area (Å²) in [6.07, 6.45) is 10.8. The van der Waals surface area contributed by atoms with Gasteiger partial charge in [0.15, 0.2) is 0 Å². The van der Waals surface area contributed by atoms with Gasteiger partial charge < -0.3 is 30.7 Å². The van der Waals surface area contributed by atoms with E-state index in [-0.39, 0.29) is 72.5 Å². The lowest BCUT2D eigenvalue weighted by molar-refractivity contribution is -0.134. The number of carbonyl (C=O) groups excluding carboxylic acids is 4. The monoisotopic (exact) mass is 953 g/mol. The molecule has 2 aliphatic carbocycles. The van der Waals surface area contributed by atoms with Gasteiger partial charge in [0, 0.05) is 78.5 Å². The van der Waals surface area contributed by atoms with Gasteiger partial charge in [-0.15, -0.1) is 0 Å². The predicted octanol–water partition coefficient (Wildman–Crippen LogP) is 9.72. The molecule has 4 aromatic rings. The number of amides is 4. The Morgan fingerprint density at radius 2 is 1.06 bits per heavy atom. The molecule has 0 saturated heterocycles. The molecule has 0 unspecified atom stereocenters. The molecule has 10 nitrogen and oxygen atoms in total. The first-order valence-electron chi connectivity index (χ1n) is 24.1. The van der Waals surface area contributed by atoms with Crippen molar-refractivity contribution < 1.29 is 19.2 Å². The standard InChI is InChI=1S/C29H41N3O2.C26H33Cl2N3O2/c1-5-32(22-24-11-7-6-8-12-24)28(34)15-14-27(33)30-26-16-18-29(19-17-26,31(3)4)21-25-13-9-10-23(2)20-25;1-31(2)26(17-20-4-3-5-22(28)16-20)14-12-23(13-15-26)30-25(33)11-10-24(32)29-18-19-6-8-21(27)9-7-19/h6-13,20,26H,5,14-19,21-22H2,1-4H3,(H,30,33);3-9,16,23H,10-15,17-18H2,1-2H3,(H,29,32)(H,30,33). The van der Waals surface area contributed by atoms with E-state index in [1.165, 1.54) is 16.7 Å². The molecule has 0 atom stereocenters. The molecule has 2 saturated carbocycles. The van der Waals surface area contributed by atoms with Crippen LogP contribution >= 0.6 is 23.2 Å². The molecule has 3 N–H and O–H groups in total. The van der Waals surface area contributed by atoms with Crippen LogP contribution in [0.3, 0.4) is 0 Å². The molecule has 362 valence electrons. The normalized spacial score (nSPS) is 20.3. The number of carbonyl (C=O) groups is 4. The molecule has 4 aromatic carbocycles. The number of likely N-dealkylation sites (N-methyl/N-ethyl adjacent to an activating group) is 2. The first kappa shape index (κ1) is 53.2. The van der Waals surface area contributed by atoms with Crippen molar-refractivity contribution in [1.29, 1.82) is 0 Å². The Balaban J connectivity index is 0.000000251. The average molecular weight is 954 g/mol. The van der Waals surface area contributed by atoms with Gasteiger partial charge in [0.25, 0.3) is 0 Å². The molecular weight excluding hydrogens is 880 g/mol. The van der Waals surface area contributed by atoms with Crippen LogP contribution in [0.15, 0.2) is 103 Å². The molecular formula is C55H74Cl2N6O4. The molecule has 0 heterocycles. The summed E-state index contributed by atoms with van der Waals surface area (Å²) in [6, 6.07) is 34.5. The third-order valence-electron chi connectivity index (χ3n) is 14.0. The van der Waals surface area contributed by atoms with Gasteiger partial charge in [-0.3, -0.25) is 19.2 Å². The molecule has 2 aliphatic rings. The maximum atomic E-state index is 12.7. The van der Waals surface area contributed by atoms with E-state index >= 15 is 0 Å². The van der Waals surface area contributed by atoms with Crippen molar-refractivity contribution in [3.63, 3.8) is 0 Å². The molecule has 0 bridgehead atoms. The summed E-state index contributed by atoms with van der Waals surface area (Å²) in [7, 11) is 8.61. The molecule has 6 rings (SSSR count). The van der Waals surface area contributed by atoms with Gasteiger partial charge in [0.2, 0.25) is 23.6 Å². The first-order valence-corrected chi connectivity index (χ1v) is 24.9. The van der Waals surface area contributed by atoms with Crippen LogP contribution in [-0.4, -0.2) is 96.2 Å². The van der Waals surface area contributed by atoms with Crippen molar-refractivity contribution in [2.24, 2.45) is 0 Å². The summed E-state index contributed by atoms with van der Waals surface area (Å²) in [5.41, 5.74) is 6.19. The van der Waals surface area contributed by atoms with Crippen molar-refractivity contribution in [3.8, 4) is 0 Å². The van der Waals surface area contributed by atoms with E-state index in [1.807, 2.05) is 72.5 Å². The highest BCUT2D eigenvalue weighted by Crippen LogP contribution is 2.37. The Morgan fingerprint density at radius 3 is 1.57 bits per heavy atom. The molecule has 67 heavy (non-hydrogen) atoms. The molecule has 0 aromatic heterocycles. The quantitative estimate of drug-likeness (QED) is 0.0863. The second-order valence-corrected chi connectivity index (χ2v) is 20.1. The van der Waals surface area contributed by atoms with Crippen LogP contribution < -0.4 is 16.0 Å². The highest BCUT2D eigenvalue weighted by Gasteiger charge is 2.39. The summed E-state index contributed by atoms with van der Waals surface area (Å²) < 4.78 is 0. The minimum atomic E-state index is -0.128. The molecule has 12 heteroatoms.